The molecule has 0 aromatic heterocycles. The summed E-state index contributed by atoms with van der Waals surface area (Å²) < 4.78 is 39.3. The molecule has 0 amide bonds. The van der Waals surface area contributed by atoms with Crippen LogP contribution in [-0.2, 0) is 0 Å². The van der Waals surface area contributed by atoms with Crippen molar-refractivity contribution in [3.63, 3.8) is 0 Å². The van der Waals surface area contributed by atoms with Gasteiger partial charge in [-0.05, 0) is 23.8 Å². The summed E-state index contributed by atoms with van der Waals surface area (Å²) in [4.78, 5) is 1.86. The fourth-order valence-corrected chi connectivity index (χ4v) is 3.11. The smallest absolute Gasteiger partial charge is 0.314 e. The molecule has 1 saturated heterocycles. The third-order valence-electron chi connectivity index (χ3n) is 3.33. The Balaban J connectivity index is 0.00000220. The molecule has 1 heterocycles. The number of nitrogens with zero attached hydrogens (tertiary/aromatic N) is 1. The molecule has 0 bridgehead atoms. The number of alkyl halides is 3. The molecule has 2 nitrogen and oxygen atoms in total. The van der Waals surface area contributed by atoms with Gasteiger partial charge in [-0.3, -0.25) is 4.90 Å². The highest BCUT2D eigenvalue weighted by Gasteiger charge is 2.36. The van der Waals surface area contributed by atoms with Crippen LogP contribution in [0.1, 0.15) is 18.0 Å². The molecule has 21 heavy (non-hydrogen) atoms. The van der Waals surface area contributed by atoms with E-state index in [4.69, 9.17) is 11.6 Å². The van der Waals surface area contributed by atoms with E-state index in [2.05, 4.69) is 21.2 Å². The molecule has 120 valence electrons. The van der Waals surface area contributed by atoms with Gasteiger partial charge in [-0.2, -0.15) is 13.2 Å². The molecule has 1 N–H and O–H groups in total. The fraction of sp³-hybridized carbons (Fsp3) is 0.538. The Morgan fingerprint density at radius 3 is 2.48 bits per heavy atom. The molecule has 0 aliphatic carbocycles. The molecule has 0 unspecified atom stereocenters. The molecule has 1 fully saturated rings. The van der Waals surface area contributed by atoms with Crippen molar-refractivity contribution in [2.24, 2.45) is 0 Å². The highest BCUT2D eigenvalue weighted by Crippen LogP contribution is 2.38. The van der Waals surface area contributed by atoms with Gasteiger partial charge < -0.3 is 5.32 Å². The molecule has 1 aromatic rings. The van der Waals surface area contributed by atoms with Crippen molar-refractivity contribution in [3.05, 3.63) is 33.3 Å². The first-order valence-electron chi connectivity index (χ1n) is 6.33. The van der Waals surface area contributed by atoms with Crippen LogP contribution in [0.3, 0.4) is 0 Å². The number of hydrogen-bond donors (Lipinski definition) is 1. The van der Waals surface area contributed by atoms with Gasteiger partial charge in [0.1, 0.15) is 0 Å². The van der Waals surface area contributed by atoms with Gasteiger partial charge in [-0.15, -0.1) is 12.4 Å². The maximum absolute atomic E-state index is 12.9. The Morgan fingerprint density at radius 1 is 1.29 bits per heavy atom. The summed E-state index contributed by atoms with van der Waals surface area (Å²) in [6.07, 6.45) is -5.08. The van der Waals surface area contributed by atoms with Gasteiger partial charge in [-0.1, -0.05) is 27.5 Å². The topological polar surface area (TPSA) is 15.3 Å². The van der Waals surface area contributed by atoms with Crippen molar-refractivity contribution >= 4 is 39.9 Å². The molecule has 8 heteroatoms. The van der Waals surface area contributed by atoms with Crippen molar-refractivity contribution in [2.45, 2.75) is 18.6 Å². The van der Waals surface area contributed by atoms with Crippen LogP contribution in [0, 0.1) is 0 Å². The molecule has 1 aromatic carbocycles. The first-order valence-corrected chi connectivity index (χ1v) is 7.50. The lowest BCUT2D eigenvalue weighted by Crippen LogP contribution is -2.46. The molecular formula is C13H16BrCl2F3N2. The lowest BCUT2D eigenvalue weighted by molar-refractivity contribution is -0.148. The first kappa shape index (κ1) is 19.0. The number of benzene rings is 1. The predicted molar refractivity (Wildman–Crippen MR) is 84.3 cm³/mol. The van der Waals surface area contributed by atoms with E-state index in [1.165, 1.54) is 0 Å². The molecule has 0 saturated carbocycles. The van der Waals surface area contributed by atoms with Crippen molar-refractivity contribution in [1.82, 2.24) is 10.2 Å². The second-order valence-corrected chi connectivity index (χ2v) is 6.08. The van der Waals surface area contributed by atoms with Crippen molar-refractivity contribution in [1.29, 1.82) is 0 Å². The maximum atomic E-state index is 12.9. The van der Waals surface area contributed by atoms with Crippen LogP contribution < -0.4 is 5.32 Å². The minimum absolute atomic E-state index is 0. The zero-order valence-electron chi connectivity index (χ0n) is 11.1. The normalized spacial score (nSPS) is 18.1. The minimum atomic E-state index is -4.21. The van der Waals surface area contributed by atoms with Crippen LogP contribution in [0.5, 0.6) is 0 Å². The van der Waals surface area contributed by atoms with E-state index in [0.29, 0.717) is 41.2 Å². The average molecular weight is 408 g/mol. The Hall–Kier alpha value is -0.0100. The molecule has 1 atom stereocenters. The highest BCUT2D eigenvalue weighted by atomic mass is 79.9. The quantitative estimate of drug-likeness (QED) is 0.797. The lowest BCUT2D eigenvalue weighted by Gasteiger charge is -2.36. The van der Waals surface area contributed by atoms with Gasteiger partial charge >= 0.3 is 6.18 Å². The van der Waals surface area contributed by atoms with E-state index in [9.17, 15) is 13.2 Å². The molecule has 0 spiro atoms. The van der Waals surface area contributed by atoms with Gasteiger partial charge in [0.05, 0.1) is 6.42 Å². The second kappa shape index (κ2) is 8.02. The van der Waals surface area contributed by atoms with Gasteiger partial charge in [0, 0.05) is 41.7 Å². The summed E-state index contributed by atoms with van der Waals surface area (Å²) in [5, 5.41) is 3.60. The Bertz CT molecular complexity index is 465. The first-order chi connectivity index (χ1) is 9.37. The van der Waals surface area contributed by atoms with Crippen molar-refractivity contribution in [3.8, 4) is 0 Å². The van der Waals surface area contributed by atoms with E-state index < -0.39 is 18.6 Å². The third-order valence-corrected chi connectivity index (χ3v) is 4.29. The average Bonchev–Trinajstić information content (AvgIpc) is 2.39. The number of hydrogen-bond acceptors (Lipinski definition) is 2. The zero-order chi connectivity index (χ0) is 14.8. The SMILES string of the molecule is Cl.FC(F)(F)C[C@H](c1cc(Cl)ccc1Br)N1CCNCC1. The van der Waals surface area contributed by atoms with E-state index in [-0.39, 0.29) is 12.4 Å². The third kappa shape index (κ3) is 5.60. The molecule has 2 rings (SSSR count). The van der Waals surface area contributed by atoms with E-state index in [0.717, 1.165) is 0 Å². The summed E-state index contributed by atoms with van der Waals surface area (Å²) in [6, 6.07) is 4.27. The summed E-state index contributed by atoms with van der Waals surface area (Å²) in [7, 11) is 0. The largest absolute Gasteiger partial charge is 0.390 e. The van der Waals surface area contributed by atoms with E-state index in [1.54, 1.807) is 18.2 Å². The van der Waals surface area contributed by atoms with E-state index >= 15 is 0 Å². The monoisotopic (exact) mass is 406 g/mol. The Morgan fingerprint density at radius 2 is 1.90 bits per heavy atom. The Kier molecular flexibility index (Phi) is 7.27. The molecular weight excluding hydrogens is 392 g/mol. The number of piperazine rings is 1. The van der Waals surface area contributed by atoms with Gasteiger partial charge in [0.2, 0.25) is 0 Å². The van der Waals surface area contributed by atoms with Crippen molar-refractivity contribution in [2.75, 3.05) is 26.2 Å². The van der Waals surface area contributed by atoms with Crippen LogP contribution in [0.15, 0.2) is 22.7 Å². The molecule has 1 aliphatic rings. The van der Waals surface area contributed by atoms with Gasteiger partial charge in [0.15, 0.2) is 0 Å². The van der Waals surface area contributed by atoms with E-state index in [1.807, 2.05) is 4.90 Å². The summed E-state index contributed by atoms with van der Waals surface area (Å²) in [6.45, 7) is 2.60. The highest BCUT2D eigenvalue weighted by molar-refractivity contribution is 9.10. The number of halogens is 6. The Labute approximate surface area is 141 Å². The predicted octanol–water partition coefficient (Wildman–Crippen LogP) is 4.42. The summed E-state index contributed by atoms with van der Waals surface area (Å²) in [5.74, 6) is 0. The van der Waals surface area contributed by atoms with Crippen LogP contribution in [0.25, 0.3) is 0 Å². The number of rotatable bonds is 3. The minimum Gasteiger partial charge on any atom is -0.314 e. The second-order valence-electron chi connectivity index (χ2n) is 4.79. The van der Waals surface area contributed by atoms with Crippen LogP contribution >= 0.6 is 39.9 Å². The lowest BCUT2D eigenvalue weighted by atomic mass is 10.0. The van der Waals surface area contributed by atoms with Crippen LogP contribution in [0.2, 0.25) is 5.02 Å². The van der Waals surface area contributed by atoms with Gasteiger partial charge in [0.25, 0.3) is 0 Å². The summed E-state index contributed by atoms with van der Waals surface area (Å²) in [5.41, 5.74) is 0.594. The summed E-state index contributed by atoms with van der Waals surface area (Å²) >= 11 is 9.28. The fourth-order valence-electron chi connectivity index (χ4n) is 2.42. The standard InChI is InChI=1S/C13H15BrClF3N2.ClH/c14-11-2-1-9(15)7-10(11)12(8-13(16,17)18)20-5-3-19-4-6-20;/h1-2,7,12,19H,3-6,8H2;1H/t12-;/m1./s1. The van der Waals surface area contributed by atoms with Gasteiger partial charge in [-0.25, -0.2) is 0 Å². The maximum Gasteiger partial charge on any atom is 0.390 e. The molecule has 0 radical (unpaired) electrons. The van der Waals surface area contributed by atoms with Crippen LogP contribution in [-0.4, -0.2) is 37.3 Å². The number of nitrogens with one attached hydrogen (secondary N) is 1. The van der Waals surface area contributed by atoms with Crippen molar-refractivity contribution < 1.29 is 13.2 Å². The zero-order valence-corrected chi connectivity index (χ0v) is 14.2. The van der Waals surface area contributed by atoms with Crippen LogP contribution in [0.4, 0.5) is 13.2 Å². The molecule has 1 aliphatic heterocycles.